The number of amides is 2. The molecule has 1 aliphatic heterocycles. The molecule has 0 aromatic heterocycles. The zero-order chi connectivity index (χ0) is 17.7. The third-order valence-electron chi connectivity index (χ3n) is 4.29. The van der Waals surface area contributed by atoms with E-state index in [9.17, 15) is 9.59 Å². The Morgan fingerprint density at radius 3 is 2.79 bits per heavy atom. The van der Waals surface area contributed by atoms with E-state index in [0.717, 1.165) is 16.8 Å². The van der Waals surface area contributed by atoms with Gasteiger partial charge in [0.1, 0.15) is 0 Å². The normalized spacial score (nSPS) is 17.9. The Hall–Kier alpha value is -1.92. The highest BCUT2D eigenvalue weighted by molar-refractivity contribution is 5.93. The van der Waals surface area contributed by atoms with Crippen LogP contribution in [0.5, 0.6) is 0 Å². The van der Waals surface area contributed by atoms with E-state index in [1.54, 1.807) is 16.8 Å². The van der Waals surface area contributed by atoms with Gasteiger partial charge < -0.3 is 15.0 Å². The van der Waals surface area contributed by atoms with E-state index < -0.39 is 0 Å². The first kappa shape index (κ1) is 18.4. The van der Waals surface area contributed by atoms with Gasteiger partial charge in [-0.25, -0.2) is 0 Å². The zero-order valence-electron chi connectivity index (χ0n) is 15.0. The average Bonchev–Trinajstić information content (AvgIpc) is 2.51. The molecule has 132 valence electrons. The summed E-state index contributed by atoms with van der Waals surface area (Å²) in [7, 11) is 1.78. The minimum atomic E-state index is -0.116. The van der Waals surface area contributed by atoms with E-state index >= 15 is 0 Å². The molecular weight excluding hydrogens is 306 g/mol. The Labute approximate surface area is 143 Å². The molecule has 1 aliphatic rings. The molecule has 1 saturated heterocycles. The number of likely N-dealkylation sites (N-methyl/N-ethyl adjacent to an activating group) is 1. The Balaban J connectivity index is 1.83. The number of carbonyl (C=O) groups excluding carboxylic acids is 2. The molecule has 0 radical (unpaired) electrons. The Kier molecular flexibility index (Phi) is 6.34. The van der Waals surface area contributed by atoms with Crippen molar-refractivity contribution in [3.63, 3.8) is 0 Å². The third kappa shape index (κ3) is 5.04. The molecule has 1 heterocycles. The van der Waals surface area contributed by atoms with Crippen LogP contribution in [0.1, 0.15) is 18.1 Å². The smallest absolute Gasteiger partial charge is 0.238 e. The van der Waals surface area contributed by atoms with Crippen LogP contribution in [0.3, 0.4) is 0 Å². The molecule has 0 aliphatic carbocycles. The van der Waals surface area contributed by atoms with Crippen molar-refractivity contribution in [2.45, 2.75) is 26.9 Å². The number of benzene rings is 1. The number of aryl methyl sites for hydroxylation is 1. The fraction of sp³-hybridized carbons (Fsp3) is 0.556. The van der Waals surface area contributed by atoms with Gasteiger partial charge in [0.2, 0.25) is 11.8 Å². The van der Waals surface area contributed by atoms with Crippen molar-refractivity contribution in [2.75, 3.05) is 45.2 Å². The fourth-order valence-corrected chi connectivity index (χ4v) is 2.75. The van der Waals surface area contributed by atoms with Crippen molar-refractivity contribution in [1.29, 1.82) is 0 Å². The lowest BCUT2D eigenvalue weighted by atomic mass is 10.1. The molecule has 2 rings (SSSR count). The number of hydrogen-bond acceptors (Lipinski definition) is 4. The minimum absolute atomic E-state index is 0.0344. The van der Waals surface area contributed by atoms with Gasteiger partial charge >= 0.3 is 0 Å². The van der Waals surface area contributed by atoms with E-state index in [0.29, 0.717) is 19.7 Å². The van der Waals surface area contributed by atoms with Crippen molar-refractivity contribution in [3.8, 4) is 0 Å². The highest BCUT2D eigenvalue weighted by Crippen LogP contribution is 2.17. The summed E-state index contributed by atoms with van der Waals surface area (Å²) < 4.78 is 5.44. The summed E-state index contributed by atoms with van der Waals surface area (Å²) in [5, 5.41) is 2.92. The molecule has 1 unspecified atom stereocenters. The second-order valence-corrected chi connectivity index (χ2v) is 6.49. The summed E-state index contributed by atoms with van der Waals surface area (Å²) in [5.41, 5.74) is 3.02. The van der Waals surface area contributed by atoms with E-state index in [-0.39, 0.29) is 31.0 Å². The van der Waals surface area contributed by atoms with Crippen LogP contribution in [-0.2, 0) is 14.3 Å². The van der Waals surface area contributed by atoms with Crippen LogP contribution in [0.4, 0.5) is 5.69 Å². The molecule has 1 N–H and O–H groups in total. The number of morpholine rings is 1. The third-order valence-corrected chi connectivity index (χ3v) is 4.29. The lowest BCUT2D eigenvalue weighted by Gasteiger charge is -2.32. The van der Waals surface area contributed by atoms with Gasteiger partial charge in [0, 0.05) is 18.8 Å². The van der Waals surface area contributed by atoms with Gasteiger partial charge in [-0.05, 0) is 45.0 Å². The maximum atomic E-state index is 12.3. The van der Waals surface area contributed by atoms with Gasteiger partial charge in [-0.3, -0.25) is 14.5 Å². The first-order valence-electron chi connectivity index (χ1n) is 8.31. The molecule has 24 heavy (non-hydrogen) atoms. The predicted octanol–water partition coefficient (Wildman–Crippen LogP) is 1.42. The van der Waals surface area contributed by atoms with E-state index in [4.69, 9.17) is 4.74 Å². The molecule has 1 atom stereocenters. The Morgan fingerprint density at radius 1 is 1.33 bits per heavy atom. The number of nitrogens with one attached hydrogen (secondary N) is 1. The van der Waals surface area contributed by atoms with Crippen LogP contribution in [0, 0.1) is 13.8 Å². The summed E-state index contributed by atoms with van der Waals surface area (Å²) in [6.07, 6.45) is 0.0700. The van der Waals surface area contributed by atoms with Crippen molar-refractivity contribution in [3.05, 3.63) is 29.3 Å². The highest BCUT2D eigenvalue weighted by atomic mass is 16.5. The van der Waals surface area contributed by atoms with Crippen molar-refractivity contribution in [2.24, 2.45) is 0 Å². The predicted molar refractivity (Wildman–Crippen MR) is 94.0 cm³/mol. The molecule has 1 fully saturated rings. The van der Waals surface area contributed by atoms with Gasteiger partial charge in [-0.2, -0.15) is 0 Å². The first-order valence-corrected chi connectivity index (χ1v) is 8.31. The molecular formula is C18H27N3O3. The number of anilines is 1. The zero-order valence-corrected chi connectivity index (χ0v) is 15.0. The second-order valence-electron chi connectivity index (χ2n) is 6.49. The molecule has 1 aromatic carbocycles. The monoisotopic (exact) mass is 333 g/mol. The van der Waals surface area contributed by atoms with Crippen LogP contribution in [0.15, 0.2) is 18.2 Å². The molecule has 2 amide bonds. The van der Waals surface area contributed by atoms with Crippen LogP contribution in [0.2, 0.25) is 0 Å². The van der Waals surface area contributed by atoms with Crippen LogP contribution in [-0.4, -0.2) is 67.6 Å². The second kappa shape index (κ2) is 8.26. The number of hydrogen-bond donors (Lipinski definition) is 1. The molecule has 6 nitrogen and oxygen atoms in total. The van der Waals surface area contributed by atoms with Gasteiger partial charge in [0.15, 0.2) is 0 Å². The van der Waals surface area contributed by atoms with Gasteiger partial charge in [0.05, 0.1) is 25.8 Å². The fourth-order valence-electron chi connectivity index (χ4n) is 2.75. The largest absolute Gasteiger partial charge is 0.375 e. The highest BCUT2D eigenvalue weighted by Gasteiger charge is 2.22. The lowest BCUT2D eigenvalue weighted by molar-refractivity contribution is -0.139. The Bertz CT molecular complexity index is 603. The summed E-state index contributed by atoms with van der Waals surface area (Å²) in [4.78, 5) is 28.0. The van der Waals surface area contributed by atoms with Crippen molar-refractivity contribution >= 4 is 17.5 Å². The molecule has 0 bridgehead atoms. The molecule has 6 heteroatoms. The maximum absolute atomic E-state index is 12.3. The number of rotatable bonds is 5. The van der Waals surface area contributed by atoms with Crippen LogP contribution in [0.25, 0.3) is 0 Å². The number of nitrogens with zero attached hydrogens (tertiary/aromatic N) is 2. The van der Waals surface area contributed by atoms with Gasteiger partial charge in [0.25, 0.3) is 0 Å². The molecule has 0 saturated carbocycles. The van der Waals surface area contributed by atoms with E-state index in [2.05, 4.69) is 5.32 Å². The lowest BCUT2D eigenvalue weighted by Crippen LogP contribution is -2.48. The van der Waals surface area contributed by atoms with Crippen LogP contribution < -0.4 is 5.32 Å². The maximum Gasteiger partial charge on any atom is 0.238 e. The average molecular weight is 333 g/mol. The van der Waals surface area contributed by atoms with Gasteiger partial charge in [-0.1, -0.05) is 12.1 Å². The quantitative estimate of drug-likeness (QED) is 0.885. The van der Waals surface area contributed by atoms with Gasteiger partial charge in [-0.15, -0.1) is 0 Å². The van der Waals surface area contributed by atoms with Crippen molar-refractivity contribution < 1.29 is 14.3 Å². The minimum Gasteiger partial charge on any atom is -0.375 e. The summed E-state index contributed by atoms with van der Waals surface area (Å²) in [5.74, 6) is -0.0819. The summed E-state index contributed by atoms with van der Waals surface area (Å²) in [6.45, 7) is 8.17. The first-order chi connectivity index (χ1) is 11.4. The van der Waals surface area contributed by atoms with Crippen molar-refractivity contribution in [1.82, 2.24) is 9.80 Å². The van der Waals surface area contributed by atoms with Crippen LogP contribution >= 0.6 is 0 Å². The SMILES string of the molecule is Cc1cccc(NC(=O)CN(C)CC(=O)N2CCOC(C)C2)c1C. The van der Waals surface area contributed by atoms with E-state index in [1.807, 2.05) is 39.0 Å². The summed E-state index contributed by atoms with van der Waals surface area (Å²) >= 11 is 0. The number of ether oxygens (including phenoxy) is 1. The summed E-state index contributed by atoms with van der Waals surface area (Å²) in [6, 6.07) is 5.82. The molecule has 1 aromatic rings. The topological polar surface area (TPSA) is 61.9 Å². The molecule has 0 spiro atoms. The standard InChI is InChI=1S/C18H27N3O3/c1-13-6-5-7-16(15(13)3)19-17(22)11-20(4)12-18(23)21-8-9-24-14(2)10-21/h5-7,14H,8-12H2,1-4H3,(H,19,22). The number of carbonyl (C=O) groups is 2. The van der Waals surface area contributed by atoms with E-state index in [1.165, 1.54) is 0 Å². The Morgan fingerprint density at radius 2 is 2.08 bits per heavy atom.